The van der Waals surface area contributed by atoms with Crippen LogP contribution in [0.3, 0.4) is 0 Å². The number of piperidine rings is 1. The topological polar surface area (TPSA) is 45.2 Å². The summed E-state index contributed by atoms with van der Waals surface area (Å²) in [5.74, 6) is 1.28. The first kappa shape index (κ1) is 16.1. The van der Waals surface area contributed by atoms with Crippen LogP contribution in [0.25, 0.3) is 0 Å². The molecule has 0 radical (unpaired) electrons. The zero-order chi connectivity index (χ0) is 15.4. The summed E-state index contributed by atoms with van der Waals surface area (Å²) in [5.41, 5.74) is 0.620. The number of pyridine rings is 1. The first-order valence-corrected chi connectivity index (χ1v) is 8.11. The first-order chi connectivity index (χ1) is 10.0. The molecule has 1 fully saturated rings. The van der Waals surface area contributed by atoms with E-state index in [1.165, 1.54) is 6.42 Å². The van der Waals surface area contributed by atoms with E-state index in [4.69, 9.17) is 11.6 Å². The third-order valence-electron chi connectivity index (χ3n) is 3.98. The number of hydrogen-bond acceptors (Lipinski definition) is 3. The molecule has 5 heteroatoms. The summed E-state index contributed by atoms with van der Waals surface area (Å²) in [7, 11) is 0. The van der Waals surface area contributed by atoms with E-state index in [2.05, 4.69) is 31.1 Å². The summed E-state index contributed by atoms with van der Waals surface area (Å²) in [6.07, 6.45) is 3.25. The van der Waals surface area contributed by atoms with E-state index >= 15 is 0 Å². The van der Waals surface area contributed by atoms with Crippen molar-refractivity contribution in [3.8, 4) is 0 Å². The van der Waals surface area contributed by atoms with Crippen LogP contribution in [0.5, 0.6) is 0 Å². The molecule has 1 aliphatic rings. The van der Waals surface area contributed by atoms with Crippen LogP contribution in [-0.2, 0) is 0 Å². The van der Waals surface area contributed by atoms with Crippen molar-refractivity contribution in [3.05, 3.63) is 22.8 Å². The van der Waals surface area contributed by atoms with Gasteiger partial charge in [-0.1, -0.05) is 25.4 Å². The number of amides is 1. The lowest BCUT2D eigenvalue weighted by Gasteiger charge is -2.37. The van der Waals surface area contributed by atoms with Gasteiger partial charge in [0.15, 0.2) is 0 Å². The molecule has 0 bridgehead atoms. The van der Waals surface area contributed by atoms with Gasteiger partial charge < -0.3 is 10.2 Å². The fourth-order valence-electron chi connectivity index (χ4n) is 2.70. The summed E-state index contributed by atoms with van der Waals surface area (Å²) < 4.78 is 0. The maximum atomic E-state index is 12.7. The highest BCUT2D eigenvalue weighted by molar-refractivity contribution is 6.29. The summed E-state index contributed by atoms with van der Waals surface area (Å²) in [5, 5.41) is 3.55. The number of likely N-dealkylation sites (tertiary alicyclic amines) is 1. The van der Waals surface area contributed by atoms with E-state index in [0.29, 0.717) is 22.5 Å². The molecule has 2 rings (SSSR count). The number of rotatable bonds is 4. The number of carbonyl (C=O) groups excluding carboxylic acids is 1. The largest absolute Gasteiger partial charge is 0.370 e. The highest BCUT2D eigenvalue weighted by Crippen LogP contribution is 2.24. The molecule has 1 N–H and O–H groups in total. The van der Waals surface area contributed by atoms with Crippen LogP contribution in [0.2, 0.25) is 5.15 Å². The molecule has 116 valence electrons. The van der Waals surface area contributed by atoms with Gasteiger partial charge in [-0.25, -0.2) is 4.98 Å². The van der Waals surface area contributed by atoms with E-state index in [1.54, 1.807) is 12.1 Å². The number of aromatic nitrogens is 1. The predicted molar refractivity (Wildman–Crippen MR) is 86.9 cm³/mol. The van der Waals surface area contributed by atoms with Crippen LogP contribution in [0.4, 0.5) is 5.82 Å². The second-order valence-electron chi connectivity index (χ2n) is 5.98. The van der Waals surface area contributed by atoms with Crippen LogP contribution in [0.15, 0.2) is 12.1 Å². The molecule has 0 spiro atoms. The highest BCUT2D eigenvalue weighted by Gasteiger charge is 2.28. The van der Waals surface area contributed by atoms with Crippen molar-refractivity contribution < 1.29 is 4.79 Å². The molecule has 1 amide bonds. The lowest BCUT2D eigenvalue weighted by atomic mass is 9.94. The van der Waals surface area contributed by atoms with Crippen molar-refractivity contribution in [2.45, 2.75) is 46.1 Å². The molecule has 4 nitrogen and oxygen atoms in total. The second-order valence-corrected chi connectivity index (χ2v) is 6.37. The Bertz CT molecular complexity index is 506. The zero-order valence-electron chi connectivity index (χ0n) is 13.0. The summed E-state index contributed by atoms with van der Waals surface area (Å²) in [6, 6.07) is 3.75. The average molecular weight is 310 g/mol. The second kappa shape index (κ2) is 7.12. The van der Waals surface area contributed by atoms with Gasteiger partial charge in [-0.05, 0) is 44.2 Å². The van der Waals surface area contributed by atoms with Gasteiger partial charge in [-0.2, -0.15) is 0 Å². The maximum Gasteiger partial charge on any atom is 0.254 e. The van der Waals surface area contributed by atoms with E-state index in [0.717, 1.165) is 25.9 Å². The molecule has 2 heterocycles. The Morgan fingerprint density at radius 2 is 2.19 bits per heavy atom. The van der Waals surface area contributed by atoms with Gasteiger partial charge in [0.25, 0.3) is 5.91 Å². The average Bonchev–Trinajstić information content (AvgIpc) is 2.46. The Balaban J connectivity index is 2.19. The molecule has 0 aromatic carbocycles. The lowest BCUT2D eigenvalue weighted by molar-refractivity contribution is 0.0574. The molecular weight excluding hydrogens is 286 g/mol. The van der Waals surface area contributed by atoms with Crippen molar-refractivity contribution >= 4 is 23.3 Å². The maximum absolute atomic E-state index is 12.7. The Morgan fingerprint density at radius 3 is 2.90 bits per heavy atom. The van der Waals surface area contributed by atoms with Crippen LogP contribution in [0, 0.1) is 5.92 Å². The first-order valence-electron chi connectivity index (χ1n) is 7.73. The van der Waals surface area contributed by atoms with E-state index < -0.39 is 0 Å². The van der Waals surface area contributed by atoms with Crippen molar-refractivity contribution in [2.75, 3.05) is 18.4 Å². The number of nitrogens with zero attached hydrogens (tertiary/aromatic N) is 2. The molecule has 1 saturated heterocycles. The van der Waals surface area contributed by atoms with Gasteiger partial charge in [0.2, 0.25) is 0 Å². The molecule has 0 saturated carbocycles. The van der Waals surface area contributed by atoms with Crippen molar-refractivity contribution in [2.24, 2.45) is 5.92 Å². The fourth-order valence-corrected chi connectivity index (χ4v) is 2.91. The molecule has 2 unspecified atom stereocenters. The summed E-state index contributed by atoms with van der Waals surface area (Å²) >= 11 is 6.06. The minimum atomic E-state index is 0.0536. The smallest absolute Gasteiger partial charge is 0.254 e. The number of halogens is 1. The van der Waals surface area contributed by atoms with Crippen molar-refractivity contribution in [1.82, 2.24) is 9.88 Å². The summed E-state index contributed by atoms with van der Waals surface area (Å²) in [4.78, 5) is 18.9. The Labute approximate surface area is 131 Å². The van der Waals surface area contributed by atoms with Gasteiger partial charge in [-0.3, -0.25) is 4.79 Å². The SMILES string of the molecule is CCCNc1cc(C(=O)N2CC(C)CCC2C)cc(Cl)n1. The minimum Gasteiger partial charge on any atom is -0.370 e. The predicted octanol–water partition coefficient (Wildman–Crippen LogP) is 3.82. The molecular formula is C16H24ClN3O. The van der Waals surface area contributed by atoms with E-state index in [-0.39, 0.29) is 11.9 Å². The quantitative estimate of drug-likeness (QED) is 0.860. The summed E-state index contributed by atoms with van der Waals surface area (Å²) in [6.45, 7) is 8.03. The molecule has 1 aromatic rings. The third-order valence-corrected chi connectivity index (χ3v) is 4.17. The molecule has 1 aromatic heterocycles. The third kappa shape index (κ3) is 4.10. The van der Waals surface area contributed by atoms with Crippen LogP contribution < -0.4 is 5.32 Å². The highest BCUT2D eigenvalue weighted by atomic mass is 35.5. The normalized spacial score (nSPS) is 22.2. The number of hydrogen-bond donors (Lipinski definition) is 1. The van der Waals surface area contributed by atoms with Crippen LogP contribution >= 0.6 is 11.6 Å². The Hall–Kier alpha value is -1.29. The Morgan fingerprint density at radius 1 is 1.43 bits per heavy atom. The van der Waals surface area contributed by atoms with Crippen molar-refractivity contribution in [1.29, 1.82) is 0 Å². The molecule has 0 aliphatic carbocycles. The number of carbonyl (C=O) groups is 1. The zero-order valence-corrected chi connectivity index (χ0v) is 13.8. The van der Waals surface area contributed by atoms with Gasteiger partial charge in [0.05, 0.1) is 0 Å². The Kier molecular flexibility index (Phi) is 5.45. The van der Waals surface area contributed by atoms with E-state index in [1.807, 2.05) is 4.90 Å². The molecule has 1 aliphatic heterocycles. The van der Waals surface area contributed by atoms with Crippen LogP contribution in [0.1, 0.15) is 50.4 Å². The fraction of sp³-hybridized carbons (Fsp3) is 0.625. The van der Waals surface area contributed by atoms with Gasteiger partial charge in [0, 0.05) is 24.7 Å². The van der Waals surface area contributed by atoms with Crippen molar-refractivity contribution in [3.63, 3.8) is 0 Å². The monoisotopic (exact) mass is 309 g/mol. The van der Waals surface area contributed by atoms with Gasteiger partial charge in [-0.15, -0.1) is 0 Å². The van der Waals surface area contributed by atoms with E-state index in [9.17, 15) is 4.79 Å². The molecule has 21 heavy (non-hydrogen) atoms. The lowest BCUT2D eigenvalue weighted by Crippen LogP contribution is -2.44. The minimum absolute atomic E-state index is 0.0536. The molecule has 2 atom stereocenters. The number of anilines is 1. The number of nitrogens with one attached hydrogen (secondary N) is 1. The van der Waals surface area contributed by atoms with Gasteiger partial charge in [0.1, 0.15) is 11.0 Å². The standard InChI is InChI=1S/C16H24ClN3O/c1-4-7-18-15-9-13(8-14(17)19-15)16(21)20-10-11(2)5-6-12(20)3/h8-9,11-12H,4-7,10H2,1-3H3,(H,18,19). The van der Waals surface area contributed by atoms with Gasteiger partial charge >= 0.3 is 0 Å². The van der Waals surface area contributed by atoms with Crippen LogP contribution in [-0.4, -0.2) is 34.9 Å².